The first-order valence-corrected chi connectivity index (χ1v) is 7.47. The lowest BCUT2D eigenvalue weighted by molar-refractivity contribution is 0.104. The summed E-state index contributed by atoms with van der Waals surface area (Å²) < 4.78 is 10.4. The van der Waals surface area contributed by atoms with Crippen LogP contribution < -0.4 is 14.8 Å². The molecule has 0 fully saturated rings. The fourth-order valence-electron chi connectivity index (χ4n) is 2.26. The summed E-state index contributed by atoms with van der Waals surface area (Å²) in [5.41, 5.74) is 2.76. The average Bonchev–Trinajstić information content (AvgIpc) is 2.61. The molecule has 0 aliphatic rings. The highest BCUT2D eigenvalue weighted by Crippen LogP contribution is 2.27. The number of para-hydroxylation sites is 1. The Hall–Kier alpha value is -2.75. The molecule has 0 heterocycles. The van der Waals surface area contributed by atoms with Gasteiger partial charge in [0, 0.05) is 23.5 Å². The first-order valence-electron chi connectivity index (χ1n) is 7.47. The van der Waals surface area contributed by atoms with Crippen molar-refractivity contribution in [3.05, 3.63) is 65.9 Å². The summed E-state index contributed by atoms with van der Waals surface area (Å²) in [7, 11) is 3.11. The van der Waals surface area contributed by atoms with Gasteiger partial charge in [0.2, 0.25) is 0 Å². The molecule has 0 amide bonds. The van der Waals surface area contributed by atoms with Crippen molar-refractivity contribution < 1.29 is 14.3 Å². The largest absolute Gasteiger partial charge is 0.493 e. The zero-order chi connectivity index (χ0) is 16.7. The highest BCUT2D eigenvalue weighted by molar-refractivity contribution is 6.05. The van der Waals surface area contributed by atoms with Crippen LogP contribution in [0.5, 0.6) is 11.5 Å². The molecule has 0 saturated carbocycles. The molecule has 0 spiro atoms. The van der Waals surface area contributed by atoms with E-state index < -0.39 is 0 Å². The van der Waals surface area contributed by atoms with E-state index >= 15 is 0 Å². The van der Waals surface area contributed by atoms with Crippen LogP contribution in [-0.4, -0.2) is 20.0 Å². The van der Waals surface area contributed by atoms with E-state index in [0.29, 0.717) is 17.1 Å². The Morgan fingerprint density at radius 1 is 1.09 bits per heavy atom. The quantitative estimate of drug-likeness (QED) is 0.618. The molecule has 0 aliphatic heterocycles. The fourth-order valence-corrected chi connectivity index (χ4v) is 2.26. The third-order valence-electron chi connectivity index (χ3n) is 3.54. The number of methoxy groups -OCH3 is 2. The molecule has 2 rings (SSSR count). The minimum absolute atomic E-state index is 0.104. The third-order valence-corrected chi connectivity index (χ3v) is 3.54. The van der Waals surface area contributed by atoms with E-state index in [0.717, 1.165) is 12.1 Å². The van der Waals surface area contributed by atoms with E-state index in [1.165, 1.54) is 11.6 Å². The summed E-state index contributed by atoms with van der Waals surface area (Å²) in [5, 5.41) is 3.16. The Kier molecular flexibility index (Phi) is 5.80. The number of allylic oxidation sites excluding steroid dienone is 1. The van der Waals surface area contributed by atoms with E-state index in [-0.39, 0.29) is 5.78 Å². The van der Waals surface area contributed by atoms with Crippen LogP contribution in [0.4, 0.5) is 5.69 Å². The number of benzene rings is 2. The monoisotopic (exact) mass is 311 g/mol. The Bertz CT molecular complexity index is 708. The molecule has 1 N–H and O–H groups in total. The van der Waals surface area contributed by atoms with Gasteiger partial charge in [0.05, 0.1) is 14.2 Å². The van der Waals surface area contributed by atoms with Gasteiger partial charge in [-0.15, -0.1) is 0 Å². The maximum Gasteiger partial charge on any atom is 0.187 e. The molecule has 120 valence electrons. The molecular formula is C19H21NO3. The Morgan fingerprint density at radius 2 is 1.83 bits per heavy atom. The first-order chi connectivity index (χ1) is 11.2. The van der Waals surface area contributed by atoms with Crippen molar-refractivity contribution in [3.8, 4) is 11.5 Å². The molecule has 0 saturated heterocycles. The van der Waals surface area contributed by atoms with E-state index in [2.05, 4.69) is 18.3 Å². The summed E-state index contributed by atoms with van der Waals surface area (Å²) in [5.74, 6) is 1.03. The van der Waals surface area contributed by atoms with Crippen LogP contribution >= 0.6 is 0 Å². The number of rotatable bonds is 7. The van der Waals surface area contributed by atoms with E-state index in [1.807, 2.05) is 18.2 Å². The smallest absolute Gasteiger partial charge is 0.187 e. The Labute approximate surface area is 136 Å². The van der Waals surface area contributed by atoms with Crippen LogP contribution in [0.2, 0.25) is 0 Å². The van der Waals surface area contributed by atoms with Crippen LogP contribution in [0.25, 0.3) is 0 Å². The summed E-state index contributed by atoms with van der Waals surface area (Å²) in [6, 6.07) is 13.1. The number of anilines is 1. The van der Waals surface area contributed by atoms with E-state index in [9.17, 15) is 4.79 Å². The van der Waals surface area contributed by atoms with Crippen LogP contribution in [-0.2, 0) is 6.42 Å². The van der Waals surface area contributed by atoms with Gasteiger partial charge in [-0.05, 0) is 36.2 Å². The van der Waals surface area contributed by atoms with Gasteiger partial charge >= 0.3 is 0 Å². The molecule has 0 atom stereocenters. The van der Waals surface area contributed by atoms with Gasteiger partial charge in [0.1, 0.15) is 0 Å². The summed E-state index contributed by atoms with van der Waals surface area (Å²) in [6.45, 7) is 2.10. The molecule has 0 aromatic heterocycles. The number of hydrogen-bond donors (Lipinski definition) is 1. The molecule has 0 unspecified atom stereocenters. The predicted octanol–water partition coefficient (Wildman–Crippen LogP) is 4.07. The zero-order valence-corrected chi connectivity index (χ0v) is 13.6. The molecular weight excluding hydrogens is 290 g/mol. The van der Waals surface area contributed by atoms with E-state index in [1.54, 1.807) is 38.6 Å². The summed E-state index contributed by atoms with van der Waals surface area (Å²) >= 11 is 0. The van der Waals surface area contributed by atoms with Crippen molar-refractivity contribution in [2.24, 2.45) is 0 Å². The molecule has 4 heteroatoms. The third kappa shape index (κ3) is 4.13. The van der Waals surface area contributed by atoms with Crippen LogP contribution in [0.15, 0.2) is 54.7 Å². The van der Waals surface area contributed by atoms with Gasteiger partial charge in [0.15, 0.2) is 17.3 Å². The average molecular weight is 311 g/mol. The molecule has 0 aliphatic carbocycles. The van der Waals surface area contributed by atoms with Gasteiger partial charge in [-0.1, -0.05) is 25.1 Å². The second-order valence-corrected chi connectivity index (χ2v) is 4.92. The van der Waals surface area contributed by atoms with Crippen LogP contribution in [0, 0.1) is 0 Å². The second kappa shape index (κ2) is 8.03. The molecule has 4 nitrogen and oxygen atoms in total. The van der Waals surface area contributed by atoms with Gasteiger partial charge in [-0.25, -0.2) is 0 Å². The SMILES string of the molecule is CCc1ccccc1NC=CC(=O)c1ccc(OC)c(OC)c1. The lowest BCUT2D eigenvalue weighted by Crippen LogP contribution is -1.99. The number of nitrogens with one attached hydrogen (secondary N) is 1. The highest BCUT2D eigenvalue weighted by Gasteiger charge is 2.08. The molecule has 0 bridgehead atoms. The van der Waals surface area contributed by atoms with Gasteiger partial charge in [-0.3, -0.25) is 4.79 Å². The number of hydrogen-bond acceptors (Lipinski definition) is 4. The number of carbonyl (C=O) groups excluding carboxylic acids is 1. The second-order valence-electron chi connectivity index (χ2n) is 4.92. The number of carbonyl (C=O) groups is 1. The minimum Gasteiger partial charge on any atom is -0.493 e. The zero-order valence-electron chi connectivity index (χ0n) is 13.6. The number of ketones is 1. The van der Waals surface area contributed by atoms with Crippen molar-refractivity contribution in [2.45, 2.75) is 13.3 Å². The van der Waals surface area contributed by atoms with Gasteiger partial charge in [0.25, 0.3) is 0 Å². The lowest BCUT2D eigenvalue weighted by atomic mass is 10.1. The normalized spacial score (nSPS) is 10.6. The fraction of sp³-hybridized carbons (Fsp3) is 0.211. The van der Waals surface area contributed by atoms with Crippen molar-refractivity contribution in [3.63, 3.8) is 0 Å². The van der Waals surface area contributed by atoms with E-state index in [4.69, 9.17) is 9.47 Å². The minimum atomic E-state index is -0.104. The Morgan fingerprint density at radius 3 is 2.52 bits per heavy atom. The molecule has 2 aromatic carbocycles. The highest BCUT2D eigenvalue weighted by atomic mass is 16.5. The number of ether oxygens (including phenoxy) is 2. The topological polar surface area (TPSA) is 47.6 Å². The lowest BCUT2D eigenvalue weighted by Gasteiger charge is -2.08. The molecule has 0 radical (unpaired) electrons. The molecule has 23 heavy (non-hydrogen) atoms. The number of aryl methyl sites for hydroxylation is 1. The first kappa shape index (κ1) is 16.6. The van der Waals surface area contributed by atoms with Crippen molar-refractivity contribution in [1.29, 1.82) is 0 Å². The van der Waals surface area contributed by atoms with Gasteiger partial charge < -0.3 is 14.8 Å². The Balaban J connectivity index is 2.09. The maximum absolute atomic E-state index is 12.2. The van der Waals surface area contributed by atoms with Crippen molar-refractivity contribution in [2.75, 3.05) is 19.5 Å². The summed E-state index contributed by atoms with van der Waals surface area (Å²) in [6.07, 6.45) is 4.10. The van der Waals surface area contributed by atoms with Gasteiger partial charge in [-0.2, -0.15) is 0 Å². The predicted molar refractivity (Wildman–Crippen MR) is 92.5 cm³/mol. The standard InChI is InChI=1S/C19H21NO3/c1-4-14-7-5-6-8-16(14)20-12-11-17(21)15-9-10-18(22-2)19(13-15)23-3/h5-13,20H,4H2,1-3H3. The molecule has 2 aromatic rings. The maximum atomic E-state index is 12.2. The summed E-state index contributed by atoms with van der Waals surface area (Å²) in [4.78, 5) is 12.2. The van der Waals surface area contributed by atoms with Crippen LogP contribution in [0.1, 0.15) is 22.8 Å². The van der Waals surface area contributed by atoms with Crippen molar-refractivity contribution >= 4 is 11.5 Å². The van der Waals surface area contributed by atoms with Crippen molar-refractivity contribution in [1.82, 2.24) is 0 Å². The van der Waals surface area contributed by atoms with Crippen LogP contribution in [0.3, 0.4) is 0 Å².